The highest BCUT2D eigenvalue weighted by Crippen LogP contribution is 2.18. The molecule has 2 heteroatoms. The summed E-state index contributed by atoms with van der Waals surface area (Å²) in [5.41, 5.74) is 2.66. The standard InChI is InChI=1S/C16H24N2/c1-3-4-7-10-17-13(2)11-14-12-18-16-9-6-5-8-15(14)16/h5-6,8-9,12-13,17-18H,3-4,7,10-11H2,1-2H3/t13-/m1/s1. The SMILES string of the molecule is CCCCCN[C@H](C)Cc1c[nH]c2ccccc12. The third-order valence-corrected chi connectivity index (χ3v) is 3.47. The van der Waals surface area contributed by atoms with Crippen LogP contribution in [0.2, 0.25) is 0 Å². The zero-order chi connectivity index (χ0) is 12.8. The summed E-state index contributed by atoms with van der Waals surface area (Å²) in [5.74, 6) is 0. The molecule has 0 fully saturated rings. The van der Waals surface area contributed by atoms with Gasteiger partial charge in [0, 0.05) is 23.1 Å². The number of fused-ring (bicyclic) bond motifs is 1. The van der Waals surface area contributed by atoms with Gasteiger partial charge in [0.2, 0.25) is 0 Å². The molecule has 0 unspecified atom stereocenters. The van der Waals surface area contributed by atoms with Crippen molar-refractivity contribution < 1.29 is 0 Å². The molecular weight excluding hydrogens is 220 g/mol. The number of para-hydroxylation sites is 1. The molecule has 0 spiro atoms. The third-order valence-electron chi connectivity index (χ3n) is 3.47. The van der Waals surface area contributed by atoms with Gasteiger partial charge in [-0.15, -0.1) is 0 Å². The molecule has 2 N–H and O–H groups in total. The maximum atomic E-state index is 3.61. The number of aromatic amines is 1. The second-order valence-electron chi connectivity index (χ2n) is 5.13. The maximum Gasteiger partial charge on any atom is 0.0456 e. The minimum absolute atomic E-state index is 0.543. The fourth-order valence-electron chi connectivity index (χ4n) is 2.43. The quantitative estimate of drug-likeness (QED) is 0.711. The van der Waals surface area contributed by atoms with E-state index in [0.29, 0.717) is 6.04 Å². The maximum absolute atomic E-state index is 3.61. The second kappa shape index (κ2) is 6.60. The van der Waals surface area contributed by atoms with Crippen LogP contribution in [0.5, 0.6) is 0 Å². The lowest BCUT2D eigenvalue weighted by Gasteiger charge is -2.13. The number of aromatic nitrogens is 1. The molecule has 0 saturated carbocycles. The van der Waals surface area contributed by atoms with Crippen molar-refractivity contribution in [3.05, 3.63) is 36.0 Å². The van der Waals surface area contributed by atoms with Crippen LogP contribution >= 0.6 is 0 Å². The summed E-state index contributed by atoms with van der Waals surface area (Å²) in [6, 6.07) is 9.07. The Kier molecular flexibility index (Phi) is 4.82. The van der Waals surface area contributed by atoms with Crippen molar-refractivity contribution in [2.75, 3.05) is 6.54 Å². The highest BCUT2D eigenvalue weighted by molar-refractivity contribution is 5.83. The average Bonchev–Trinajstić information content (AvgIpc) is 2.78. The molecule has 0 aliphatic rings. The Morgan fingerprint density at radius 1 is 1.22 bits per heavy atom. The average molecular weight is 244 g/mol. The normalized spacial score (nSPS) is 13.0. The fourth-order valence-corrected chi connectivity index (χ4v) is 2.43. The van der Waals surface area contributed by atoms with E-state index in [2.05, 4.69) is 54.6 Å². The highest BCUT2D eigenvalue weighted by Gasteiger charge is 2.07. The largest absolute Gasteiger partial charge is 0.361 e. The third kappa shape index (κ3) is 3.36. The van der Waals surface area contributed by atoms with Crippen molar-refractivity contribution in [3.8, 4) is 0 Å². The van der Waals surface area contributed by atoms with Crippen LogP contribution in [-0.4, -0.2) is 17.6 Å². The molecule has 2 aromatic rings. The van der Waals surface area contributed by atoms with Crippen molar-refractivity contribution in [2.45, 2.75) is 45.6 Å². The van der Waals surface area contributed by atoms with Gasteiger partial charge < -0.3 is 10.3 Å². The molecule has 1 heterocycles. The molecule has 1 aromatic heterocycles. The lowest BCUT2D eigenvalue weighted by atomic mass is 10.1. The van der Waals surface area contributed by atoms with Crippen LogP contribution in [0.15, 0.2) is 30.5 Å². The van der Waals surface area contributed by atoms with Gasteiger partial charge in [-0.3, -0.25) is 0 Å². The first kappa shape index (κ1) is 13.2. The van der Waals surface area contributed by atoms with Crippen LogP contribution in [0.1, 0.15) is 38.7 Å². The number of benzene rings is 1. The van der Waals surface area contributed by atoms with Gasteiger partial charge in [-0.1, -0.05) is 38.0 Å². The Morgan fingerprint density at radius 3 is 2.89 bits per heavy atom. The number of hydrogen-bond donors (Lipinski definition) is 2. The van der Waals surface area contributed by atoms with Crippen molar-refractivity contribution in [1.82, 2.24) is 10.3 Å². The van der Waals surface area contributed by atoms with Crippen molar-refractivity contribution >= 4 is 10.9 Å². The molecule has 2 rings (SSSR count). The molecule has 2 nitrogen and oxygen atoms in total. The predicted molar refractivity (Wildman–Crippen MR) is 79.0 cm³/mol. The Hall–Kier alpha value is -1.28. The number of unbranched alkanes of at least 4 members (excludes halogenated alkanes) is 2. The van der Waals surface area contributed by atoms with E-state index in [1.807, 2.05) is 0 Å². The number of H-pyrrole nitrogens is 1. The molecule has 98 valence electrons. The van der Waals surface area contributed by atoms with E-state index in [1.165, 1.54) is 35.7 Å². The Labute approximate surface area is 110 Å². The lowest BCUT2D eigenvalue weighted by Crippen LogP contribution is -2.28. The van der Waals surface area contributed by atoms with Gasteiger partial charge >= 0.3 is 0 Å². The fraction of sp³-hybridized carbons (Fsp3) is 0.500. The summed E-state index contributed by atoms with van der Waals surface area (Å²) in [6.45, 7) is 5.65. The number of nitrogens with one attached hydrogen (secondary N) is 2. The lowest BCUT2D eigenvalue weighted by molar-refractivity contribution is 0.524. The first-order valence-corrected chi connectivity index (χ1v) is 7.09. The second-order valence-corrected chi connectivity index (χ2v) is 5.13. The van der Waals surface area contributed by atoms with Crippen LogP contribution in [-0.2, 0) is 6.42 Å². The van der Waals surface area contributed by atoms with Gasteiger partial charge in [0.1, 0.15) is 0 Å². The Morgan fingerprint density at radius 2 is 2.06 bits per heavy atom. The zero-order valence-corrected chi connectivity index (χ0v) is 11.5. The van der Waals surface area contributed by atoms with E-state index in [4.69, 9.17) is 0 Å². The molecule has 0 amide bonds. The molecule has 0 aliphatic heterocycles. The van der Waals surface area contributed by atoms with Gasteiger partial charge in [0.05, 0.1) is 0 Å². The van der Waals surface area contributed by atoms with Crippen LogP contribution in [0.25, 0.3) is 10.9 Å². The summed E-state index contributed by atoms with van der Waals surface area (Å²) >= 11 is 0. The molecule has 18 heavy (non-hydrogen) atoms. The molecule has 1 aromatic carbocycles. The molecule has 0 saturated heterocycles. The summed E-state index contributed by atoms with van der Waals surface area (Å²) in [5, 5.41) is 4.97. The number of hydrogen-bond acceptors (Lipinski definition) is 1. The molecule has 0 bridgehead atoms. The minimum Gasteiger partial charge on any atom is -0.361 e. The Bertz CT molecular complexity index is 473. The van der Waals surface area contributed by atoms with Crippen LogP contribution in [0.3, 0.4) is 0 Å². The summed E-state index contributed by atoms with van der Waals surface area (Å²) < 4.78 is 0. The summed E-state index contributed by atoms with van der Waals surface area (Å²) in [7, 11) is 0. The summed E-state index contributed by atoms with van der Waals surface area (Å²) in [6.07, 6.45) is 7.14. The first-order chi connectivity index (χ1) is 8.81. The van der Waals surface area contributed by atoms with Crippen molar-refractivity contribution in [3.63, 3.8) is 0 Å². The smallest absolute Gasteiger partial charge is 0.0456 e. The van der Waals surface area contributed by atoms with E-state index >= 15 is 0 Å². The molecular formula is C16H24N2. The van der Waals surface area contributed by atoms with Crippen LogP contribution < -0.4 is 5.32 Å². The van der Waals surface area contributed by atoms with Gasteiger partial charge in [0.15, 0.2) is 0 Å². The van der Waals surface area contributed by atoms with E-state index in [-0.39, 0.29) is 0 Å². The molecule has 0 aliphatic carbocycles. The highest BCUT2D eigenvalue weighted by atomic mass is 14.9. The van der Waals surface area contributed by atoms with E-state index < -0.39 is 0 Å². The minimum atomic E-state index is 0.543. The van der Waals surface area contributed by atoms with Gasteiger partial charge in [-0.2, -0.15) is 0 Å². The van der Waals surface area contributed by atoms with Gasteiger partial charge in [-0.25, -0.2) is 0 Å². The first-order valence-electron chi connectivity index (χ1n) is 7.09. The van der Waals surface area contributed by atoms with Crippen molar-refractivity contribution in [2.24, 2.45) is 0 Å². The van der Waals surface area contributed by atoms with E-state index in [1.54, 1.807) is 0 Å². The Balaban J connectivity index is 1.88. The van der Waals surface area contributed by atoms with Crippen molar-refractivity contribution in [1.29, 1.82) is 0 Å². The molecule has 0 radical (unpaired) electrons. The van der Waals surface area contributed by atoms with E-state index in [9.17, 15) is 0 Å². The molecule has 1 atom stereocenters. The monoisotopic (exact) mass is 244 g/mol. The predicted octanol–water partition coefficient (Wildman–Crippen LogP) is 3.88. The zero-order valence-electron chi connectivity index (χ0n) is 11.5. The van der Waals surface area contributed by atoms with Gasteiger partial charge in [0.25, 0.3) is 0 Å². The topological polar surface area (TPSA) is 27.8 Å². The van der Waals surface area contributed by atoms with Crippen LogP contribution in [0.4, 0.5) is 0 Å². The van der Waals surface area contributed by atoms with E-state index in [0.717, 1.165) is 13.0 Å². The van der Waals surface area contributed by atoms with Gasteiger partial charge in [-0.05, 0) is 37.9 Å². The summed E-state index contributed by atoms with van der Waals surface area (Å²) in [4.78, 5) is 3.34. The van der Waals surface area contributed by atoms with Crippen LogP contribution in [0, 0.1) is 0 Å². The number of rotatable bonds is 7.